The van der Waals surface area contributed by atoms with E-state index in [9.17, 15) is 28.2 Å². The number of esters is 1. The molecule has 0 aliphatic rings. The Morgan fingerprint density at radius 2 is 1.81 bits per heavy atom. The molecular weight excluding hydrogens is 365 g/mol. The third-order valence-electron chi connectivity index (χ3n) is 3.99. The minimum Gasteiger partial charge on any atom is -0.504 e. The van der Waals surface area contributed by atoms with Gasteiger partial charge in [0.25, 0.3) is 0 Å². The summed E-state index contributed by atoms with van der Waals surface area (Å²) in [4.78, 5) is 12.4. The van der Waals surface area contributed by atoms with Crippen LogP contribution in [0.4, 0.5) is 13.2 Å². The van der Waals surface area contributed by atoms with Gasteiger partial charge in [-0.2, -0.15) is 13.2 Å². The van der Waals surface area contributed by atoms with Gasteiger partial charge in [0.1, 0.15) is 12.1 Å². The summed E-state index contributed by atoms with van der Waals surface area (Å²) in [5, 5.41) is 18.9. The predicted octanol–water partition coefficient (Wildman–Crippen LogP) is 2.62. The first-order valence-corrected chi connectivity index (χ1v) is 7.87. The molecule has 2 aromatic carbocycles. The van der Waals surface area contributed by atoms with E-state index in [1.807, 2.05) is 0 Å². The fourth-order valence-electron chi connectivity index (χ4n) is 2.41. The Balaban J connectivity index is 2.09. The van der Waals surface area contributed by atoms with E-state index in [0.29, 0.717) is 5.56 Å². The molecule has 2 rings (SSSR count). The van der Waals surface area contributed by atoms with Gasteiger partial charge in [-0.25, -0.2) is 10.2 Å². The van der Waals surface area contributed by atoms with Crippen LogP contribution in [-0.2, 0) is 28.7 Å². The van der Waals surface area contributed by atoms with Gasteiger partial charge in [-0.1, -0.05) is 18.2 Å². The van der Waals surface area contributed by atoms with Crippen LogP contribution in [0.2, 0.25) is 0 Å². The van der Waals surface area contributed by atoms with Crippen LogP contribution in [0.25, 0.3) is 0 Å². The van der Waals surface area contributed by atoms with Crippen LogP contribution in [-0.4, -0.2) is 21.7 Å². The average Bonchev–Trinajstić information content (AvgIpc) is 2.62. The highest BCUT2D eigenvalue weighted by Crippen LogP contribution is 2.30. The molecule has 0 aliphatic heterocycles. The van der Waals surface area contributed by atoms with Crippen LogP contribution in [0.5, 0.6) is 11.5 Å². The number of phenolic OH excluding ortho intramolecular Hbond substituents is 2. The van der Waals surface area contributed by atoms with Gasteiger partial charge < -0.3 is 14.9 Å². The summed E-state index contributed by atoms with van der Waals surface area (Å²) in [5.41, 5.74) is 0.767. The Kier molecular flexibility index (Phi) is 5.97. The molecule has 0 aromatic heterocycles. The first kappa shape index (κ1) is 20.5. The standard InChI is InChI=1S/C18H19F3N2O4/c1-17(23-22,9-11-5-6-14(24)15(25)8-11)16(26)27-10-12-3-2-4-13(7-12)18(19,20)21/h2-8,23-25H,9-10,22H2,1H3/t17-/m0/s1. The van der Waals surface area contributed by atoms with Gasteiger partial charge in [-0.05, 0) is 42.3 Å². The van der Waals surface area contributed by atoms with E-state index in [-0.39, 0.29) is 30.1 Å². The summed E-state index contributed by atoms with van der Waals surface area (Å²) in [6.07, 6.45) is -4.48. The molecule has 0 bridgehead atoms. The summed E-state index contributed by atoms with van der Waals surface area (Å²) < 4.78 is 43.3. The average molecular weight is 384 g/mol. The van der Waals surface area contributed by atoms with E-state index in [1.54, 1.807) is 0 Å². The number of carbonyl (C=O) groups is 1. The zero-order valence-corrected chi connectivity index (χ0v) is 14.4. The Hall–Kier alpha value is -2.78. The number of nitrogens with two attached hydrogens (primary N) is 1. The molecule has 27 heavy (non-hydrogen) atoms. The first-order valence-electron chi connectivity index (χ1n) is 7.87. The lowest BCUT2D eigenvalue weighted by Crippen LogP contribution is -2.55. The Morgan fingerprint density at radius 3 is 2.41 bits per heavy atom. The van der Waals surface area contributed by atoms with Crippen molar-refractivity contribution >= 4 is 5.97 Å². The zero-order valence-electron chi connectivity index (χ0n) is 14.4. The molecule has 0 aliphatic carbocycles. The third kappa shape index (κ3) is 5.11. The van der Waals surface area contributed by atoms with E-state index in [1.165, 1.54) is 37.3 Å². The van der Waals surface area contributed by atoms with Crippen molar-refractivity contribution in [3.63, 3.8) is 0 Å². The fourth-order valence-corrected chi connectivity index (χ4v) is 2.41. The highest BCUT2D eigenvalue weighted by atomic mass is 19.4. The second-order valence-corrected chi connectivity index (χ2v) is 6.25. The van der Waals surface area contributed by atoms with Crippen molar-refractivity contribution in [2.24, 2.45) is 5.84 Å². The van der Waals surface area contributed by atoms with E-state index in [0.717, 1.165) is 12.1 Å². The number of rotatable bonds is 6. The van der Waals surface area contributed by atoms with Gasteiger partial charge >= 0.3 is 12.1 Å². The quantitative estimate of drug-likeness (QED) is 0.264. The number of aromatic hydroxyl groups is 2. The number of nitrogens with one attached hydrogen (secondary N) is 1. The smallest absolute Gasteiger partial charge is 0.416 e. The summed E-state index contributed by atoms with van der Waals surface area (Å²) in [5.74, 6) is 4.01. The van der Waals surface area contributed by atoms with Gasteiger partial charge in [0.2, 0.25) is 0 Å². The molecule has 2 aromatic rings. The predicted molar refractivity (Wildman–Crippen MR) is 90.4 cm³/mol. The van der Waals surface area contributed by atoms with Crippen LogP contribution in [0, 0.1) is 0 Å². The highest BCUT2D eigenvalue weighted by Gasteiger charge is 2.35. The number of hydrazine groups is 1. The van der Waals surface area contributed by atoms with E-state index in [4.69, 9.17) is 10.6 Å². The Morgan fingerprint density at radius 1 is 1.11 bits per heavy atom. The largest absolute Gasteiger partial charge is 0.504 e. The molecule has 9 heteroatoms. The van der Waals surface area contributed by atoms with Gasteiger partial charge in [-0.3, -0.25) is 5.84 Å². The van der Waals surface area contributed by atoms with Gasteiger partial charge in [-0.15, -0.1) is 0 Å². The molecule has 0 saturated heterocycles. The summed E-state index contributed by atoms with van der Waals surface area (Å²) in [7, 11) is 0. The number of hydrogen-bond acceptors (Lipinski definition) is 6. The second-order valence-electron chi connectivity index (χ2n) is 6.25. The van der Waals surface area contributed by atoms with E-state index < -0.39 is 23.2 Å². The number of alkyl halides is 3. The lowest BCUT2D eigenvalue weighted by Gasteiger charge is -2.26. The molecule has 0 saturated carbocycles. The van der Waals surface area contributed by atoms with Crippen molar-refractivity contribution in [2.45, 2.75) is 31.7 Å². The van der Waals surface area contributed by atoms with Crippen molar-refractivity contribution in [1.82, 2.24) is 5.43 Å². The number of ether oxygens (including phenoxy) is 1. The Labute approximate surface area is 153 Å². The molecule has 0 fully saturated rings. The molecule has 6 nitrogen and oxygen atoms in total. The van der Waals surface area contributed by atoms with Crippen molar-refractivity contribution < 1.29 is 32.9 Å². The minimum absolute atomic E-state index is 0.0127. The van der Waals surface area contributed by atoms with Crippen LogP contribution in [0.3, 0.4) is 0 Å². The highest BCUT2D eigenvalue weighted by molar-refractivity contribution is 5.80. The maximum atomic E-state index is 12.7. The maximum absolute atomic E-state index is 12.7. The van der Waals surface area contributed by atoms with Gasteiger partial charge in [0.15, 0.2) is 11.5 Å². The van der Waals surface area contributed by atoms with Crippen molar-refractivity contribution in [2.75, 3.05) is 0 Å². The number of benzene rings is 2. The molecule has 0 spiro atoms. The van der Waals surface area contributed by atoms with Crippen LogP contribution in [0.15, 0.2) is 42.5 Å². The summed E-state index contributed by atoms with van der Waals surface area (Å²) in [6.45, 7) is 1.09. The molecular formula is C18H19F3N2O4. The van der Waals surface area contributed by atoms with Gasteiger partial charge in [0.05, 0.1) is 5.56 Å². The zero-order chi connectivity index (χ0) is 20.2. The minimum atomic E-state index is -4.49. The van der Waals surface area contributed by atoms with Gasteiger partial charge in [0, 0.05) is 6.42 Å². The SMILES string of the molecule is C[C@@](Cc1ccc(O)c(O)c1)(NN)C(=O)OCc1cccc(C(F)(F)F)c1. The maximum Gasteiger partial charge on any atom is 0.416 e. The number of hydrogen-bond donors (Lipinski definition) is 4. The van der Waals surface area contributed by atoms with Crippen LogP contribution in [0.1, 0.15) is 23.6 Å². The monoisotopic (exact) mass is 384 g/mol. The number of phenols is 2. The Bertz CT molecular complexity index is 826. The molecule has 5 N–H and O–H groups in total. The topological polar surface area (TPSA) is 105 Å². The molecule has 146 valence electrons. The molecule has 1 atom stereocenters. The van der Waals surface area contributed by atoms with Crippen molar-refractivity contribution in [3.8, 4) is 11.5 Å². The number of carbonyl (C=O) groups excluding carboxylic acids is 1. The number of halogens is 3. The summed E-state index contributed by atoms with van der Waals surface area (Å²) in [6, 6.07) is 8.48. The molecule has 0 heterocycles. The first-order chi connectivity index (χ1) is 12.5. The molecule has 0 radical (unpaired) electrons. The lowest BCUT2D eigenvalue weighted by molar-refractivity contribution is -0.152. The molecule has 0 unspecified atom stereocenters. The van der Waals surface area contributed by atoms with Crippen LogP contribution >= 0.6 is 0 Å². The van der Waals surface area contributed by atoms with E-state index in [2.05, 4.69) is 5.43 Å². The fraction of sp³-hybridized carbons (Fsp3) is 0.278. The summed E-state index contributed by atoms with van der Waals surface area (Å²) >= 11 is 0. The third-order valence-corrected chi connectivity index (χ3v) is 3.99. The molecule has 0 amide bonds. The lowest BCUT2D eigenvalue weighted by atomic mass is 9.93. The van der Waals surface area contributed by atoms with Crippen molar-refractivity contribution in [3.05, 3.63) is 59.2 Å². The van der Waals surface area contributed by atoms with Crippen molar-refractivity contribution in [1.29, 1.82) is 0 Å². The second kappa shape index (κ2) is 7.85. The normalized spacial score (nSPS) is 13.8. The van der Waals surface area contributed by atoms with E-state index >= 15 is 0 Å². The van der Waals surface area contributed by atoms with Crippen LogP contribution < -0.4 is 11.3 Å².